The molecule has 3 heteroatoms. The Kier molecular flexibility index (Phi) is 12.0. The summed E-state index contributed by atoms with van der Waals surface area (Å²) in [5.41, 5.74) is -0.408. The predicted molar refractivity (Wildman–Crippen MR) is 78.8 cm³/mol. The van der Waals surface area contributed by atoms with E-state index in [1.807, 2.05) is 20.8 Å². The molecule has 0 radical (unpaired) electrons. The molecule has 0 heterocycles. The number of nitrogens with one attached hydrogen (secondary N) is 1. The van der Waals surface area contributed by atoms with Crippen molar-refractivity contribution in [3.63, 3.8) is 0 Å². The van der Waals surface area contributed by atoms with E-state index < -0.39 is 5.60 Å². The average molecular weight is 257 g/mol. The second kappa shape index (κ2) is 11.1. The van der Waals surface area contributed by atoms with Crippen molar-refractivity contribution in [3.8, 4) is 0 Å². The van der Waals surface area contributed by atoms with Crippen molar-refractivity contribution in [1.29, 1.82) is 0 Å². The van der Waals surface area contributed by atoms with Gasteiger partial charge in [0.15, 0.2) is 0 Å². The number of rotatable bonds is 6. The minimum atomic E-state index is -0.408. The monoisotopic (exact) mass is 257 g/mol. The largest absolute Gasteiger partial charge is 0.444 e. The van der Waals surface area contributed by atoms with Crippen LogP contribution in [0.15, 0.2) is 13.2 Å². The highest BCUT2D eigenvalue weighted by atomic mass is 16.6. The molecular formula is C15H31NO2. The molecule has 18 heavy (non-hydrogen) atoms. The van der Waals surface area contributed by atoms with Crippen LogP contribution in [0.25, 0.3) is 0 Å². The third-order valence-electron chi connectivity index (χ3n) is 2.48. The Balaban J connectivity index is 0. The lowest BCUT2D eigenvalue weighted by atomic mass is 9.99. The minimum absolute atomic E-state index is 0.303. The quantitative estimate of drug-likeness (QED) is 0.710. The van der Waals surface area contributed by atoms with Gasteiger partial charge in [0.25, 0.3) is 0 Å². The van der Waals surface area contributed by atoms with Gasteiger partial charge in [-0.05, 0) is 33.1 Å². The van der Waals surface area contributed by atoms with Crippen LogP contribution >= 0.6 is 0 Å². The van der Waals surface area contributed by atoms with Gasteiger partial charge in [-0.3, -0.25) is 0 Å². The third-order valence-corrected chi connectivity index (χ3v) is 2.48. The maximum atomic E-state index is 11.4. The van der Waals surface area contributed by atoms with E-state index >= 15 is 0 Å². The van der Waals surface area contributed by atoms with E-state index in [1.54, 1.807) is 0 Å². The zero-order chi connectivity index (χ0) is 14.6. The molecule has 0 aromatic rings. The van der Waals surface area contributed by atoms with Crippen molar-refractivity contribution in [3.05, 3.63) is 13.2 Å². The molecule has 1 amide bonds. The van der Waals surface area contributed by atoms with Gasteiger partial charge >= 0.3 is 6.09 Å². The Labute approximate surface area is 113 Å². The predicted octanol–water partition coefficient (Wildman–Crippen LogP) is 4.53. The van der Waals surface area contributed by atoms with Crippen molar-refractivity contribution in [2.24, 2.45) is 5.92 Å². The van der Waals surface area contributed by atoms with Gasteiger partial charge in [-0.1, -0.05) is 33.1 Å². The third kappa shape index (κ3) is 13.1. The Morgan fingerprint density at radius 2 is 1.83 bits per heavy atom. The van der Waals surface area contributed by atoms with E-state index in [4.69, 9.17) is 4.74 Å². The van der Waals surface area contributed by atoms with Crippen molar-refractivity contribution in [2.45, 2.75) is 65.9 Å². The van der Waals surface area contributed by atoms with Crippen LogP contribution in [0.5, 0.6) is 0 Å². The number of hydrogen-bond donors (Lipinski definition) is 1. The van der Waals surface area contributed by atoms with E-state index in [1.165, 1.54) is 19.3 Å². The fourth-order valence-electron chi connectivity index (χ4n) is 1.49. The molecule has 0 spiro atoms. The topological polar surface area (TPSA) is 38.3 Å². The van der Waals surface area contributed by atoms with Gasteiger partial charge in [0.05, 0.1) is 0 Å². The molecule has 0 aromatic carbocycles. The van der Waals surface area contributed by atoms with Gasteiger partial charge < -0.3 is 10.1 Å². The second-order valence-corrected chi connectivity index (χ2v) is 5.30. The fourth-order valence-corrected chi connectivity index (χ4v) is 1.49. The van der Waals surface area contributed by atoms with Gasteiger partial charge in [0.2, 0.25) is 0 Å². The average Bonchev–Trinajstić information content (AvgIpc) is 2.30. The second-order valence-electron chi connectivity index (χ2n) is 5.30. The zero-order valence-electron chi connectivity index (χ0n) is 12.8. The Morgan fingerprint density at radius 3 is 2.22 bits per heavy atom. The summed E-state index contributed by atoms with van der Waals surface area (Å²) >= 11 is 0. The van der Waals surface area contributed by atoms with Crippen LogP contribution in [0.1, 0.15) is 60.3 Å². The Bertz CT molecular complexity index is 209. The van der Waals surface area contributed by atoms with Crippen LogP contribution in [-0.2, 0) is 4.74 Å². The standard InChI is InChI=1S/C13H27NO2.C2H4/c1-6-8-9-11(7-2)10-14-12(15)16-13(3,4)5;1-2/h11H,6-10H2,1-5H3,(H,14,15);1-2H2. The number of hydrogen-bond acceptors (Lipinski definition) is 2. The lowest BCUT2D eigenvalue weighted by Gasteiger charge is -2.21. The molecule has 0 aliphatic carbocycles. The van der Waals surface area contributed by atoms with E-state index in [0.29, 0.717) is 5.92 Å². The van der Waals surface area contributed by atoms with E-state index in [0.717, 1.165) is 13.0 Å². The summed E-state index contributed by atoms with van der Waals surface area (Å²) in [5, 5.41) is 2.84. The molecule has 1 atom stereocenters. The molecule has 0 bridgehead atoms. The molecule has 0 saturated heterocycles. The normalized spacial score (nSPS) is 12.1. The van der Waals surface area contributed by atoms with Gasteiger partial charge in [0, 0.05) is 6.54 Å². The number of ether oxygens (including phenoxy) is 1. The molecule has 108 valence electrons. The van der Waals surface area contributed by atoms with E-state index in [-0.39, 0.29) is 6.09 Å². The number of carbonyl (C=O) groups is 1. The first-order chi connectivity index (χ1) is 8.39. The Hall–Kier alpha value is -0.990. The smallest absolute Gasteiger partial charge is 0.407 e. The molecule has 3 nitrogen and oxygen atoms in total. The lowest BCUT2D eigenvalue weighted by Crippen LogP contribution is -2.35. The van der Waals surface area contributed by atoms with Crippen LogP contribution < -0.4 is 5.32 Å². The highest BCUT2D eigenvalue weighted by Crippen LogP contribution is 2.12. The van der Waals surface area contributed by atoms with Gasteiger partial charge in [-0.2, -0.15) is 0 Å². The summed E-state index contributed by atoms with van der Waals surface area (Å²) in [7, 11) is 0. The first-order valence-electron chi connectivity index (χ1n) is 6.85. The van der Waals surface area contributed by atoms with Crippen molar-refractivity contribution >= 4 is 6.09 Å². The summed E-state index contributed by atoms with van der Waals surface area (Å²) in [5.74, 6) is 0.576. The number of amides is 1. The SMILES string of the molecule is C=C.CCCCC(CC)CNC(=O)OC(C)(C)C. The van der Waals surface area contributed by atoms with Gasteiger partial charge in [-0.15, -0.1) is 13.2 Å². The maximum Gasteiger partial charge on any atom is 0.407 e. The van der Waals surface area contributed by atoms with Crippen LogP contribution in [-0.4, -0.2) is 18.2 Å². The molecule has 0 aromatic heterocycles. The van der Waals surface area contributed by atoms with Crippen LogP contribution in [0.3, 0.4) is 0 Å². The summed E-state index contributed by atoms with van der Waals surface area (Å²) in [6.45, 7) is 16.7. The number of unbranched alkanes of at least 4 members (excludes halogenated alkanes) is 1. The van der Waals surface area contributed by atoms with Gasteiger partial charge in [0.1, 0.15) is 5.60 Å². The maximum absolute atomic E-state index is 11.4. The first-order valence-corrected chi connectivity index (χ1v) is 6.85. The molecule has 0 aliphatic heterocycles. The molecule has 1 N–H and O–H groups in total. The minimum Gasteiger partial charge on any atom is -0.444 e. The summed E-state index contributed by atoms with van der Waals surface area (Å²) in [4.78, 5) is 11.4. The highest BCUT2D eigenvalue weighted by Gasteiger charge is 2.16. The Morgan fingerprint density at radius 1 is 1.28 bits per heavy atom. The lowest BCUT2D eigenvalue weighted by molar-refractivity contribution is 0.0518. The number of carbonyl (C=O) groups excluding carboxylic acids is 1. The molecule has 0 fully saturated rings. The van der Waals surface area contributed by atoms with Crippen molar-refractivity contribution in [2.75, 3.05) is 6.54 Å². The van der Waals surface area contributed by atoms with E-state index in [2.05, 4.69) is 32.3 Å². The van der Waals surface area contributed by atoms with Gasteiger partial charge in [-0.25, -0.2) is 4.79 Å². The summed E-state index contributed by atoms with van der Waals surface area (Å²) in [6.07, 6.45) is 4.43. The van der Waals surface area contributed by atoms with Crippen LogP contribution in [0, 0.1) is 5.92 Å². The fraction of sp³-hybridized carbons (Fsp3) is 0.800. The molecule has 0 aliphatic rings. The first kappa shape index (κ1) is 19.4. The van der Waals surface area contributed by atoms with Crippen molar-refractivity contribution in [1.82, 2.24) is 5.32 Å². The van der Waals surface area contributed by atoms with Crippen LogP contribution in [0.4, 0.5) is 4.79 Å². The molecule has 1 unspecified atom stereocenters. The highest BCUT2D eigenvalue weighted by molar-refractivity contribution is 5.67. The van der Waals surface area contributed by atoms with Crippen LogP contribution in [0.2, 0.25) is 0 Å². The van der Waals surface area contributed by atoms with Crippen molar-refractivity contribution < 1.29 is 9.53 Å². The molecule has 0 saturated carbocycles. The zero-order valence-corrected chi connectivity index (χ0v) is 12.8. The number of alkyl carbamates (subject to hydrolysis) is 1. The summed E-state index contributed by atoms with van der Waals surface area (Å²) in [6, 6.07) is 0. The molecule has 0 rings (SSSR count). The molecular weight excluding hydrogens is 226 g/mol. The van der Waals surface area contributed by atoms with E-state index in [9.17, 15) is 4.79 Å². The summed E-state index contributed by atoms with van der Waals surface area (Å²) < 4.78 is 5.19.